The highest BCUT2D eigenvalue weighted by molar-refractivity contribution is 5.16. The fraction of sp³-hybridized carbons (Fsp3) is 0.351. The minimum Gasteiger partial charge on any atom is -0.390 e. The van der Waals surface area contributed by atoms with Gasteiger partial charge < -0.3 is 28.8 Å². The first-order valence-electron chi connectivity index (χ1n) is 15.1. The van der Waals surface area contributed by atoms with Crippen LogP contribution >= 0.6 is 0 Å². The molecule has 1 saturated heterocycles. The summed E-state index contributed by atoms with van der Waals surface area (Å²) in [7, 11) is 0. The van der Waals surface area contributed by atoms with Crippen molar-refractivity contribution in [2.45, 2.75) is 76.4 Å². The summed E-state index contributed by atoms with van der Waals surface area (Å²) in [6, 6.07) is 40.2. The molecule has 0 saturated carbocycles. The lowest BCUT2D eigenvalue weighted by Gasteiger charge is -2.47. The Balaban J connectivity index is 1.43. The second kappa shape index (κ2) is 16.5. The van der Waals surface area contributed by atoms with Crippen LogP contribution in [-0.4, -0.2) is 48.3 Å². The third-order valence-electron chi connectivity index (χ3n) is 7.72. The molecule has 4 aromatic carbocycles. The van der Waals surface area contributed by atoms with Crippen LogP contribution in [0.2, 0.25) is 0 Å². The van der Waals surface area contributed by atoms with Crippen molar-refractivity contribution in [3.05, 3.63) is 144 Å². The van der Waals surface area contributed by atoms with Crippen LogP contribution in [0.3, 0.4) is 0 Å². The molecule has 6 nitrogen and oxygen atoms in total. The van der Waals surface area contributed by atoms with Crippen LogP contribution in [0.25, 0.3) is 0 Å². The van der Waals surface area contributed by atoms with E-state index in [1.54, 1.807) is 0 Å². The predicted molar refractivity (Wildman–Crippen MR) is 166 cm³/mol. The lowest BCUT2D eigenvalue weighted by Crippen LogP contribution is -2.63. The van der Waals surface area contributed by atoms with Gasteiger partial charge in [-0.1, -0.05) is 128 Å². The summed E-state index contributed by atoms with van der Waals surface area (Å²) in [5.41, 5.74) is 4.20. The highest BCUT2D eigenvalue weighted by Gasteiger charge is 2.50. The van der Waals surface area contributed by atoms with Gasteiger partial charge >= 0.3 is 0 Å². The Hall–Kier alpha value is -3.36. The van der Waals surface area contributed by atoms with Crippen LogP contribution < -0.4 is 0 Å². The van der Waals surface area contributed by atoms with Gasteiger partial charge in [-0.3, -0.25) is 0 Å². The van der Waals surface area contributed by atoms with E-state index in [1.165, 1.54) is 0 Å². The maximum Gasteiger partial charge on any atom is 0.116 e. The lowest BCUT2D eigenvalue weighted by atomic mass is 9.90. The van der Waals surface area contributed by atoms with Crippen molar-refractivity contribution in [1.82, 2.24) is 0 Å². The van der Waals surface area contributed by atoms with Gasteiger partial charge in [0.05, 0.1) is 39.1 Å². The third-order valence-corrected chi connectivity index (χ3v) is 7.72. The Bertz CT molecular complexity index is 1300. The van der Waals surface area contributed by atoms with E-state index in [9.17, 15) is 5.11 Å². The molecule has 1 fully saturated rings. The van der Waals surface area contributed by atoms with Gasteiger partial charge in [0, 0.05) is 0 Å². The number of benzene rings is 4. The molecular formula is C37H42O6. The molecule has 226 valence electrons. The monoisotopic (exact) mass is 582 g/mol. The minimum absolute atomic E-state index is 0.276. The average Bonchev–Trinajstić information content (AvgIpc) is 3.07. The third kappa shape index (κ3) is 9.07. The largest absolute Gasteiger partial charge is 0.390 e. The number of rotatable bonds is 15. The number of hydrogen-bond donors (Lipinski definition) is 1. The molecule has 0 spiro atoms. The summed E-state index contributed by atoms with van der Waals surface area (Å²) in [5, 5.41) is 11.2. The van der Waals surface area contributed by atoms with Crippen molar-refractivity contribution >= 4 is 0 Å². The Morgan fingerprint density at radius 3 is 1.40 bits per heavy atom. The van der Waals surface area contributed by atoms with E-state index in [4.69, 9.17) is 23.7 Å². The lowest BCUT2D eigenvalue weighted by molar-refractivity contribution is -0.286. The number of hydrogen-bond acceptors (Lipinski definition) is 6. The van der Waals surface area contributed by atoms with Crippen molar-refractivity contribution in [3.8, 4) is 0 Å². The van der Waals surface area contributed by atoms with Crippen molar-refractivity contribution in [1.29, 1.82) is 0 Å². The highest BCUT2D eigenvalue weighted by Crippen LogP contribution is 2.33. The van der Waals surface area contributed by atoms with Gasteiger partial charge in [-0.25, -0.2) is 0 Å². The molecule has 0 amide bonds. The quantitative estimate of drug-likeness (QED) is 0.173. The van der Waals surface area contributed by atoms with E-state index < -0.39 is 36.6 Å². The highest BCUT2D eigenvalue weighted by atomic mass is 16.6. The molecule has 5 rings (SSSR count). The molecule has 0 aliphatic carbocycles. The van der Waals surface area contributed by atoms with Crippen LogP contribution in [0.1, 0.15) is 35.6 Å². The van der Waals surface area contributed by atoms with E-state index in [2.05, 4.69) is 0 Å². The van der Waals surface area contributed by atoms with Gasteiger partial charge in [-0.05, 0) is 28.7 Å². The Morgan fingerprint density at radius 2 is 0.953 bits per heavy atom. The standard InChI is InChI=1S/C37H42O6/c1-2-32(38)34-36(41-25-30-19-11-5-12-20-30)37(42-26-31-21-13-6-14-22-31)35(40-24-29-17-9-4-10-18-29)33(43-34)27-39-23-28-15-7-3-8-16-28/h3-22,32-38H,2,23-27H2,1H3/t32-,33+,34-,35+,36+,37-/m0/s1. The zero-order valence-corrected chi connectivity index (χ0v) is 24.7. The van der Waals surface area contributed by atoms with Crippen molar-refractivity contribution in [2.24, 2.45) is 0 Å². The fourth-order valence-electron chi connectivity index (χ4n) is 5.37. The molecule has 43 heavy (non-hydrogen) atoms. The van der Waals surface area contributed by atoms with E-state index >= 15 is 0 Å². The first-order valence-corrected chi connectivity index (χ1v) is 15.1. The van der Waals surface area contributed by atoms with E-state index in [1.807, 2.05) is 128 Å². The van der Waals surface area contributed by atoms with Gasteiger partial charge in [0.15, 0.2) is 0 Å². The second-order valence-corrected chi connectivity index (χ2v) is 10.9. The summed E-state index contributed by atoms with van der Waals surface area (Å²) < 4.78 is 32.8. The molecule has 0 radical (unpaired) electrons. The van der Waals surface area contributed by atoms with E-state index in [0.29, 0.717) is 32.8 Å². The van der Waals surface area contributed by atoms with Crippen LogP contribution in [0.15, 0.2) is 121 Å². The summed E-state index contributed by atoms with van der Waals surface area (Å²) in [4.78, 5) is 0. The van der Waals surface area contributed by atoms with Crippen LogP contribution in [-0.2, 0) is 50.1 Å². The minimum atomic E-state index is -0.754. The summed E-state index contributed by atoms with van der Waals surface area (Å²) >= 11 is 0. The number of aliphatic hydroxyl groups excluding tert-OH is 1. The van der Waals surface area contributed by atoms with Crippen LogP contribution in [0.5, 0.6) is 0 Å². The molecule has 1 N–H and O–H groups in total. The molecule has 4 aromatic rings. The van der Waals surface area contributed by atoms with Gasteiger partial charge in [0.2, 0.25) is 0 Å². The summed E-state index contributed by atoms with van der Waals surface area (Å²) in [5.74, 6) is 0. The summed E-state index contributed by atoms with van der Waals surface area (Å²) in [6.45, 7) is 3.76. The number of aliphatic hydroxyl groups is 1. The Morgan fingerprint density at radius 1 is 0.558 bits per heavy atom. The number of ether oxygens (including phenoxy) is 5. The predicted octanol–water partition coefficient (Wildman–Crippen LogP) is 6.50. The first-order chi connectivity index (χ1) is 21.2. The molecule has 6 heteroatoms. The Labute approximate surface area is 255 Å². The van der Waals surface area contributed by atoms with Gasteiger partial charge in [-0.15, -0.1) is 0 Å². The molecule has 1 aliphatic heterocycles. The average molecular weight is 583 g/mol. The first kappa shape index (κ1) is 31.1. The summed E-state index contributed by atoms with van der Waals surface area (Å²) in [6.07, 6.45) is -2.99. The van der Waals surface area contributed by atoms with E-state index in [0.717, 1.165) is 22.3 Å². The topological polar surface area (TPSA) is 66.4 Å². The SMILES string of the molecule is CC[C@H](O)[C@@H]1O[C@H](COCc2ccccc2)[C@@H](OCc2ccccc2)[C@H](OCc2ccccc2)[C@@H]1OCc1ccccc1. The van der Waals surface area contributed by atoms with Crippen molar-refractivity contribution < 1.29 is 28.8 Å². The second-order valence-electron chi connectivity index (χ2n) is 10.9. The molecule has 6 atom stereocenters. The molecule has 1 aliphatic rings. The van der Waals surface area contributed by atoms with Crippen molar-refractivity contribution in [3.63, 3.8) is 0 Å². The molecule has 0 unspecified atom stereocenters. The van der Waals surface area contributed by atoms with Crippen LogP contribution in [0, 0.1) is 0 Å². The van der Waals surface area contributed by atoms with Crippen LogP contribution in [0.4, 0.5) is 0 Å². The van der Waals surface area contributed by atoms with Crippen molar-refractivity contribution in [2.75, 3.05) is 6.61 Å². The normalized spacial score (nSPS) is 22.7. The Kier molecular flexibility index (Phi) is 11.9. The van der Waals surface area contributed by atoms with Gasteiger partial charge in [0.1, 0.15) is 30.5 Å². The molecule has 0 aromatic heterocycles. The smallest absolute Gasteiger partial charge is 0.116 e. The maximum absolute atomic E-state index is 11.2. The zero-order chi connectivity index (χ0) is 29.7. The molecular weight excluding hydrogens is 540 g/mol. The van der Waals surface area contributed by atoms with Gasteiger partial charge in [-0.2, -0.15) is 0 Å². The zero-order valence-electron chi connectivity index (χ0n) is 24.7. The molecule has 0 bridgehead atoms. The maximum atomic E-state index is 11.2. The van der Waals surface area contributed by atoms with Gasteiger partial charge in [0.25, 0.3) is 0 Å². The fourth-order valence-corrected chi connectivity index (χ4v) is 5.37. The molecule has 1 heterocycles. The van der Waals surface area contributed by atoms with E-state index in [-0.39, 0.29) is 6.61 Å².